The lowest BCUT2D eigenvalue weighted by Crippen LogP contribution is -1.93. The average Bonchev–Trinajstić information content (AvgIpc) is 1.95. The average molecular weight is 204 g/mol. The number of benzene rings is 1. The smallest absolute Gasteiger partial charge is 0.159 e. The number of anilines is 1. The second kappa shape index (κ2) is 3.56. The van der Waals surface area contributed by atoms with Crippen molar-refractivity contribution in [3.63, 3.8) is 0 Å². The molecule has 0 aliphatic heterocycles. The van der Waals surface area contributed by atoms with Gasteiger partial charge in [-0.1, -0.05) is 15.9 Å². The zero-order valence-electron chi connectivity index (χ0n) is 5.27. The van der Waals surface area contributed by atoms with Gasteiger partial charge in [0.2, 0.25) is 0 Å². The summed E-state index contributed by atoms with van der Waals surface area (Å²) in [5.41, 5.74) is 0.797. The predicted octanol–water partition coefficient (Wildman–Crippen LogP) is 2.79. The molecule has 54 valence electrons. The number of alkyl halides is 1. The summed E-state index contributed by atoms with van der Waals surface area (Å²) in [5.74, 6) is 0. The Labute approximate surface area is 67.4 Å². The van der Waals surface area contributed by atoms with Crippen LogP contribution in [0.3, 0.4) is 0 Å². The van der Waals surface area contributed by atoms with Crippen molar-refractivity contribution in [1.29, 1.82) is 0 Å². The Kier molecular flexibility index (Phi) is 2.68. The van der Waals surface area contributed by atoms with Crippen LogP contribution >= 0.6 is 15.9 Å². The van der Waals surface area contributed by atoms with E-state index in [1.165, 1.54) is 0 Å². The third-order valence-electron chi connectivity index (χ3n) is 1.12. The summed E-state index contributed by atoms with van der Waals surface area (Å²) in [7, 11) is 0. The predicted molar refractivity (Wildman–Crippen MR) is 43.7 cm³/mol. The molecule has 3 heteroatoms. The first-order chi connectivity index (χ1) is 4.83. The quantitative estimate of drug-likeness (QED) is 0.730. The van der Waals surface area contributed by atoms with E-state index in [0.717, 1.165) is 10.2 Å². The summed E-state index contributed by atoms with van der Waals surface area (Å²) in [6.07, 6.45) is 0. The fraction of sp³-hybridized carbons (Fsp3) is 0.143. The van der Waals surface area contributed by atoms with Gasteiger partial charge in [0.1, 0.15) is 0 Å². The van der Waals surface area contributed by atoms with Crippen LogP contribution in [0.4, 0.5) is 10.1 Å². The molecule has 1 rings (SSSR count). The van der Waals surface area contributed by atoms with Crippen LogP contribution in [0.2, 0.25) is 0 Å². The molecular weight excluding hydrogens is 197 g/mol. The second-order valence-corrected chi connectivity index (χ2v) is 2.73. The summed E-state index contributed by atoms with van der Waals surface area (Å²) < 4.78 is 12.7. The van der Waals surface area contributed by atoms with Crippen LogP contribution in [-0.4, -0.2) is 6.80 Å². The Morgan fingerprint density at radius 3 is 2.40 bits per heavy atom. The summed E-state index contributed by atoms with van der Waals surface area (Å²) in [5, 5.41) is 2.55. The Morgan fingerprint density at radius 1 is 1.30 bits per heavy atom. The molecule has 0 aliphatic rings. The van der Waals surface area contributed by atoms with Crippen molar-refractivity contribution >= 4 is 21.6 Å². The van der Waals surface area contributed by atoms with E-state index in [2.05, 4.69) is 21.2 Å². The fourth-order valence-electron chi connectivity index (χ4n) is 0.645. The first-order valence-corrected chi connectivity index (χ1v) is 3.67. The SMILES string of the molecule is FCNc1ccc(Br)cc1. The molecule has 1 aromatic rings. The van der Waals surface area contributed by atoms with E-state index < -0.39 is 6.80 Å². The first kappa shape index (κ1) is 7.54. The molecule has 0 saturated carbocycles. The van der Waals surface area contributed by atoms with E-state index in [9.17, 15) is 4.39 Å². The number of nitrogens with one attached hydrogen (secondary N) is 1. The molecule has 0 aromatic heterocycles. The molecule has 0 amide bonds. The van der Waals surface area contributed by atoms with Gasteiger partial charge in [-0.2, -0.15) is 0 Å². The fourth-order valence-corrected chi connectivity index (χ4v) is 0.909. The van der Waals surface area contributed by atoms with Crippen LogP contribution < -0.4 is 5.32 Å². The van der Waals surface area contributed by atoms with Crippen LogP contribution in [0.15, 0.2) is 28.7 Å². The van der Waals surface area contributed by atoms with Crippen LogP contribution in [0.5, 0.6) is 0 Å². The van der Waals surface area contributed by atoms with Gasteiger partial charge in [0, 0.05) is 10.2 Å². The van der Waals surface area contributed by atoms with E-state index in [-0.39, 0.29) is 0 Å². The van der Waals surface area contributed by atoms with Crippen LogP contribution in [-0.2, 0) is 0 Å². The topological polar surface area (TPSA) is 12.0 Å². The monoisotopic (exact) mass is 203 g/mol. The van der Waals surface area contributed by atoms with Gasteiger partial charge >= 0.3 is 0 Å². The Balaban J connectivity index is 2.69. The molecule has 0 bridgehead atoms. The van der Waals surface area contributed by atoms with Gasteiger partial charge in [-0.3, -0.25) is 0 Å². The maximum atomic E-state index is 11.7. The minimum absolute atomic E-state index is 0.526. The highest BCUT2D eigenvalue weighted by molar-refractivity contribution is 9.10. The normalized spacial score (nSPS) is 9.40. The van der Waals surface area contributed by atoms with E-state index in [1.807, 2.05) is 24.3 Å². The lowest BCUT2D eigenvalue weighted by atomic mass is 10.3. The van der Waals surface area contributed by atoms with Crippen LogP contribution in [0, 0.1) is 0 Å². The Morgan fingerprint density at radius 2 is 1.90 bits per heavy atom. The van der Waals surface area contributed by atoms with Crippen LogP contribution in [0.25, 0.3) is 0 Å². The summed E-state index contributed by atoms with van der Waals surface area (Å²) in [6, 6.07) is 7.34. The molecule has 10 heavy (non-hydrogen) atoms. The van der Waals surface area contributed by atoms with E-state index >= 15 is 0 Å². The molecule has 0 heterocycles. The lowest BCUT2D eigenvalue weighted by molar-refractivity contribution is 0.536. The molecule has 1 aromatic carbocycles. The van der Waals surface area contributed by atoms with Gasteiger partial charge in [-0.05, 0) is 24.3 Å². The molecule has 0 fully saturated rings. The highest BCUT2D eigenvalue weighted by Gasteiger charge is 1.88. The zero-order chi connectivity index (χ0) is 7.40. The lowest BCUT2D eigenvalue weighted by Gasteiger charge is -1.99. The molecule has 0 radical (unpaired) electrons. The first-order valence-electron chi connectivity index (χ1n) is 2.88. The molecule has 0 unspecified atom stereocenters. The van der Waals surface area contributed by atoms with Gasteiger partial charge in [0.05, 0.1) is 0 Å². The van der Waals surface area contributed by atoms with Gasteiger partial charge in [0.15, 0.2) is 6.80 Å². The molecule has 0 saturated heterocycles. The van der Waals surface area contributed by atoms with E-state index in [4.69, 9.17) is 0 Å². The summed E-state index contributed by atoms with van der Waals surface area (Å²) in [4.78, 5) is 0. The summed E-state index contributed by atoms with van der Waals surface area (Å²) >= 11 is 3.28. The van der Waals surface area contributed by atoms with Gasteiger partial charge in [-0.25, -0.2) is 4.39 Å². The van der Waals surface area contributed by atoms with Crippen molar-refractivity contribution in [3.8, 4) is 0 Å². The third kappa shape index (κ3) is 1.99. The Bertz CT molecular complexity index is 197. The van der Waals surface area contributed by atoms with Crippen molar-refractivity contribution < 1.29 is 4.39 Å². The third-order valence-corrected chi connectivity index (χ3v) is 1.64. The van der Waals surface area contributed by atoms with Gasteiger partial charge in [0.25, 0.3) is 0 Å². The van der Waals surface area contributed by atoms with E-state index in [0.29, 0.717) is 0 Å². The minimum atomic E-state index is -0.526. The van der Waals surface area contributed by atoms with Gasteiger partial charge < -0.3 is 5.32 Å². The second-order valence-electron chi connectivity index (χ2n) is 1.82. The number of halogens is 2. The van der Waals surface area contributed by atoms with Crippen molar-refractivity contribution in [2.24, 2.45) is 0 Å². The molecule has 0 aliphatic carbocycles. The molecule has 0 spiro atoms. The zero-order valence-corrected chi connectivity index (χ0v) is 6.86. The maximum Gasteiger partial charge on any atom is 0.159 e. The Hall–Kier alpha value is -0.570. The highest BCUT2D eigenvalue weighted by Crippen LogP contribution is 2.13. The largest absolute Gasteiger partial charge is 0.359 e. The standard InChI is InChI=1S/C7H7BrFN/c8-6-1-3-7(4-2-6)10-5-9/h1-4,10H,5H2. The molecule has 1 nitrogen and oxygen atoms in total. The van der Waals surface area contributed by atoms with Crippen molar-refractivity contribution in [1.82, 2.24) is 0 Å². The van der Waals surface area contributed by atoms with E-state index in [1.54, 1.807) is 0 Å². The number of hydrogen-bond acceptors (Lipinski definition) is 1. The van der Waals surface area contributed by atoms with Crippen LogP contribution in [0.1, 0.15) is 0 Å². The minimum Gasteiger partial charge on any atom is -0.359 e. The van der Waals surface area contributed by atoms with Crippen molar-refractivity contribution in [3.05, 3.63) is 28.7 Å². The van der Waals surface area contributed by atoms with Gasteiger partial charge in [-0.15, -0.1) is 0 Å². The highest BCUT2D eigenvalue weighted by atomic mass is 79.9. The molecular formula is C7H7BrFN. The van der Waals surface area contributed by atoms with Crippen molar-refractivity contribution in [2.45, 2.75) is 0 Å². The number of rotatable bonds is 2. The maximum absolute atomic E-state index is 11.7. The summed E-state index contributed by atoms with van der Waals surface area (Å²) in [6.45, 7) is -0.526. The molecule has 1 N–H and O–H groups in total. The number of hydrogen-bond donors (Lipinski definition) is 1. The molecule has 0 atom stereocenters. The van der Waals surface area contributed by atoms with Crippen molar-refractivity contribution in [2.75, 3.05) is 12.1 Å².